The molecule has 4 nitrogen and oxygen atoms in total. The molecule has 0 heterocycles. The highest BCUT2D eigenvalue weighted by atomic mass is 35.7. The Morgan fingerprint density at radius 3 is 2.43 bits per heavy atom. The lowest BCUT2D eigenvalue weighted by atomic mass is 9.79. The molecule has 2 rings (SSSR count). The van der Waals surface area contributed by atoms with Crippen molar-refractivity contribution in [1.29, 1.82) is 0 Å². The predicted molar refractivity (Wildman–Crippen MR) is 50.4 cm³/mol. The van der Waals surface area contributed by atoms with E-state index in [0.29, 0.717) is 12.8 Å². The van der Waals surface area contributed by atoms with Crippen LogP contribution in [0.25, 0.3) is 0 Å². The smallest absolute Gasteiger partial charge is 0.309 e. The van der Waals surface area contributed by atoms with E-state index in [4.69, 9.17) is 10.7 Å². The first-order valence-electron chi connectivity index (χ1n) is 4.40. The Balaban J connectivity index is 1.94. The largest absolute Gasteiger partial charge is 0.469 e. The highest BCUT2D eigenvalue weighted by molar-refractivity contribution is 8.14. The second-order valence-corrected chi connectivity index (χ2v) is 7.06. The van der Waals surface area contributed by atoms with Gasteiger partial charge in [0.2, 0.25) is 9.05 Å². The molecule has 2 aliphatic carbocycles. The van der Waals surface area contributed by atoms with Crippen molar-refractivity contribution < 1.29 is 17.9 Å². The zero-order valence-electron chi connectivity index (χ0n) is 7.70. The number of methoxy groups -OCH3 is 1. The van der Waals surface area contributed by atoms with Gasteiger partial charge in [0.15, 0.2) is 0 Å². The molecule has 1 atom stereocenters. The van der Waals surface area contributed by atoms with Gasteiger partial charge in [-0.3, -0.25) is 4.79 Å². The molecule has 0 radical (unpaired) electrons. The van der Waals surface area contributed by atoms with Crippen LogP contribution in [0.15, 0.2) is 0 Å². The summed E-state index contributed by atoms with van der Waals surface area (Å²) >= 11 is 0. The van der Waals surface area contributed by atoms with Gasteiger partial charge in [-0.1, -0.05) is 0 Å². The van der Waals surface area contributed by atoms with E-state index in [1.807, 2.05) is 0 Å². The van der Waals surface area contributed by atoms with Crippen molar-refractivity contribution in [2.75, 3.05) is 7.11 Å². The van der Waals surface area contributed by atoms with E-state index in [1.165, 1.54) is 7.11 Å². The van der Waals surface area contributed by atoms with Gasteiger partial charge in [0.25, 0.3) is 0 Å². The minimum atomic E-state index is -3.43. The summed E-state index contributed by atoms with van der Waals surface area (Å²) in [6.45, 7) is 0. The van der Waals surface area contributed by atoms with Crippen LogP contribution in [-0.2, 0) is 18.6 Å². The van der Waals surface area contributed by atoms with Gasteiger partial charge in [-0.2, -0.15) is 0 Å². The zero-order chi connectivity index (χ0) is 10.6. The van der Waals surface area contributed by atoms with Crippen molar-refractivity contribution in [2.45, 2.75) is 24.5 Å². The van der Waals surface area contributed by atoms with Crippen LogP contribution in [-0.4, -0.2) is 26.7 Å². The van der Waals surface area contributed by atoms with Crippen molar-refractivity contribution in [2.24, 2.45) is 11.3 Å². The summed E-state index contributed by atoms with van der Waals surface area (Å²) in [6, 6.07) is 0. The van der Waals surface area contributed by atoms with Gasteiger partial charge in [0.05, 0.1) is 18.3 Å². The van der Waals surface area contributed by atoms with Crippen LogP contribution >= 0.6 is 10.7 Å². The van der Waals surface area contributed by atoms with Crippen LogP contribution in [0, 0.1) is 11.3 Å². The normalized spacial score (nSPS) is 40.4. The van der Waals surface area contributed by atoms with Crippen LogP contribution in [0.2, 0.25) is 0 Å². The first kappa shape index (κ1) is 10.2. The molecule has 0 bridgehead atoms. The summed E-state index contributed by atoms with van der Waals surface area (Å²) in [5.74, 6) is -0.322. The van der Waals surface area contributed by atoms with Gasteiger partial charge in [0.1, 0.15) is 0 Å². The Kier molecular flexibility index (Phi) is 2.09. The Hall–Kier alpha value is -0.290. The predicted octanol–water partition coefficient (Wildman–Crippen LogP) is 0.897. The average molecular weight is 239 g/mol. The first-order valence-corrected chi connectivity index (χ1v) is 6.78. The molecule has 0 aliphatic heterocycles. The number of esters is 1. The lowest BCUT2D eigenvalue weighted by molar-refractivity contribution is -0.143. The lowest BCUT2D eigenvalue weighted by Crippen LogP contribution is -2.37. The van der Waals surface area contributed by atoms with Crippen molar-refractivity contribution >= 4 is 25.7 Å². The fourth-order valence-electron chi connectivity index (χ4n) is 2.32. The van der Waals surface area contributed by atoms with E-state index < -0.39 is 14.3 Å². The molecule has 2 aliphatic rings. The first-order chi connectivity index (χ1) is 6.39. The molecule has 0 N–H and O–H groups in total. The molecule has 1 unspecified atom stereocenters. The minimum Gasteiger partial charge on any atom is -0.469 e. The summed E-state index contributed by atoms with van der Waals surface area (Å²) in [5.41, 5.74) is -0.0975. The second kappa shape index (κ2) is 2.85. The van der Waals surface area contributed by atoms with Crippen LogP contribution in [0.4, 0.5) is 0 Å². The summed E-state index contributed by atoms with van der Waals surface area (Å²) in [4.78, 5) is 11.1. The maximum atomic E-state index is 11.1. The molecule has 14 heavy (non-hydrogen) atoms. The second-order valence-electron chi connectivity index (χ2n) is 4.15. The summed E-state index contributed by atoms with van der Waals surface area (Å²) in [5, 5.41) is -0.459. The third-order valence-corrected chi connectivity index (χ3v) is 5.23. The number of halogens is 1. The van der Waals surface area contributed by atoms with Crippen LogP contribution < -0.4 is 0 Å². The number of ether oxygens (including phenoxy) is 1. The van der Waals surface area contributed by atoms with Crippen molar-refractivity contribution in [3.63, 3.8) is 0 Å². The molecule has 2 fully saturated rings. The number of carbonyl (C=O) groups is 1. The maximum Gasteiger partial charge on any atom is 0.309 e. The van der Waals surface area contributed by atoms with Gasteiger partial charge in [-0.05, 0) is 24.7 Å². The third-order valence-electron chi connectivity index (χ3n) is 3.34. The molecule has 1 spiro atoms. The molecule has 80 valence electrons. The Morgan fingerprint density at radius 1 is 1.43 bits per heavy atom. The molecule has 0 saturated heterocycles. The van der Waals surface area contributed by atoms with E-state index in [0.717, 1.165) is 6.42 Å². The molecule has 2 saturated carbocycles. The summed E-state index contributed by atoms with van der Waals surface area (Å²) in [7, 11) is 3.12. The zero-order valence-corrected chi connectivity index (χ0v) is 9.27. The third kappa shape index (κ3) is 1.42. The molecular formula is C8H11ClO4S. The summed E-state index contributed by atoms with van der Waals surface area (Å²) in [6.07, 6.45) is 1.78. The molecule has 0 amide bonds. The standard InChI is InChI=1S/C8H11ClO4S/c1-13-7(10)6-4-8(6)2-5(3-8)14(9,11)12/h5-6H,2-4H2,1H3. The van der Waals surface area contributed by atoms with Crippen molar-refractivity contribution in [3.05, 3.63) is 0 Å². The van der Waals surface area contributed by atoms with E-state index in [-0.39, 0.29) is 17.3 Å². The fraction of sp³-hybridized carbons (Fsp3) is 0.875. The van der Waals surface area contributed by atoms with Gasteiger partial charge in [0, 0.05) is 10.7 Å². The topological polar surface area (TPSA) is 60.4 Å². The van der Waals surface area contributed by atoms with Gasteiger partial charge in [-0.25, -0.2) is 8.42 Å². The number of carbonyl (C=O) groups excluding carboxylic acids is 1. The maximum absolute atomic E-state index is 11.1. The van der Waals surface area contributed by atoms with Crippen LogP contribution in [0.3, 0.4) is 0 Å². The molecule has 6 heteroatoms. The lowest BCUT2D eigenvalue weighted by Gasteiger charge is -2.33. The minimum absolute atomic E-state index is 0.0952. The van der Waals surface area contributed by atoms with Crippen molar-refractivity contribution in [1.82, 2.24) is 0 Å². The van der Waals surface area contributed by atoms with E-state index in [1.54, 1.807) is 0 Å². The van der Waals surface area contributed by atoms with Gasteiger partial charge in [-0.15, -0.1) is 0 Å². The SMILES string of the molecule is COC(=O)C1CC12CC(S(=O)(=O)Cl)C2. The van der Waals surface area contributed by atoms with E-state index in [9.17, 15) is 13.2 Å². The molecule has 0 aromatic carbocycles. The average Bonchev–Trinajstić information content (AvgIpc) is 2.72. The van der Waals surface area contributed by atoms with Gasteiger partial charge >= 0.3 is 5.97 Å². The van der Waals surface area contributed by atoms with Crippen molar-refractivity contribution in [3.8, 4) is 0 Å². The fourth-order valence-corrected chi connectivity index (χ4v) is 3.76. The quantitative estimate of drug-likeness (QED) is 0.530. The van der Waals surface area contributed by atoms with Crippen LogP contribution in [0.1, 0.15) is 19.3 Å². The Bertz CT molecular complexity index is 369. The van der Waals surface area contributed by atoms with Crippen LogP contribution in [0.5, 0.6) is 0 Å². The molecular weight excluding hydrogens is 228 g/mol. The molecule has 0 aromatic rings. The van der Waals surface area contributed by atoms with E-state index >= 15 is 0 Å². The van der Waals surface area contributed by atoms with Gasteiger partial charge < -0.3 is 4.74 Å². The van der Waals surface area contributed by atoms with E-state index in [2.05, 4.69) is 4.74 Å². The highest BCUT2D eigenvalue weighted by Crippen LogP contribution is 2.67. The molecule has 0 aromatic heterocycles. The number of hydrogen-bond donors (Lipinski definition) is 0. The number of hydrogen-bond acceptors (Lipinski definition) is 4. The Labute approximate surface area is 87.0 Å². The summed E-state index contributed by atoms with van der Waals surface area (Å²) < 4.78 is 26.5. The highest BCUT2D eigenvalue weighted by Gasteiger charge is 2.67. The number of rotatable bonds is 2. The Morgan fingerprint density at radius 2 is 2.00 bits per heavy atom. The monoisotopic (exact) mass is 238 g/mol.